The third-order valence-corrected chi connectivity index (χ3v) is 4.13. The number of rotatable bonds is 3. The number of carboxylic acid groups (broad SMARTS) is 1. The Morgan fingerprint density at radius 3 is 2.58 bits per heavy atom. The molecule has 31 heavy (non-hydrogen) atoms. The van der Waals surface area contributed by atoms with Crippen LogP contribution in [0.4, 0.5) is 13.2 Å². The number of alkyl halides is 3. The van der Waals surface area contributed by atoms with Crippen LogP contribution in [0.1, 0.15) is 10.4 Å². The minimum atomic E-state index is -5.08. The Balaban J connectivity index is 0.000000339. The fourth-order valence-corrected chi connectivity index (χ4v) is 2.69. The summed E-state index contributed by atoms with van der Waals surface area (Å²) in [5, 5.41) is 12.6. The van der Waals surface area contributed by atoms with Crippen molar-refractivity contribution in [3.63, 3.8) is 0 Å². The molecule has 0 bridgehead atoms. The number of ether oxygens (including phenoxy) is 1. The van der Waals surface area contributed by atoms with E-state index in [4.69, 9.17) is 14.6 Å². The maximum absolute atomic E-state index is 11.7. The normalized spacial score (nSPS) is 11.0. The third kappa shape index (κ3) is 4.89. The average Bonchev–Trinajstić information content (AvgIpc) is 3.42. The van der Waals surface area contributed by atoms with Crippen molar-refractivity contribution < 1.29 is 32.6 Å². The number of carbonyl (C=O) groups excluding carboxylic acids is 1. The molecule has 0 saturated heterocycles. The second kappa shape index (κ2) is 8.69. The monoisotopic (exact) mass is 432 g/mol. The molecular formula is C20H15F3N4O4. The quantitative estimate of drug-likeness (QED) is 0.476. The van der Waals surface area contributed by atoms with E-state index in [1.807, 2.05) is 36.7 Å². The first-order valence-corrected chi connectivity index (χ1v) is 8.66. The molecule has 0 amide bonds. The minimum absolute atomic E-state index is 0.354. The highest BCUT2D eigenvalue weighted by molar-refractivity contribution is 5.91. The highest BCUT2D eigenvalue weighted by Gasteiger charge is 2.38. The summed E-state index contributed by atoms with van der Waals surface area (Å²) in [4.78, 5) is 28.0. The number of fused-ring (bicyclic) bond motifs is 1. The van der Waals surface area contributed by atoms with Gasteiger partial charge < -0.3 is 14.8 Å². The van der Waals surface area contributed by atoms with Crippen LogP contribution in [0.5, 0.6) is 0 Å². The van der Waals surface area contributed by atoms with Gasteiger partial charge in [0.15, 0.2) is 0 Å². The number of carbonyl (C=O) groups is 2. The number of aromatic amines is 1. The number of methoxy groups -OCH3 is 1. The second-order valence-corrected chi connectivity index (χ2v) is 6.12. The summed E-state index contributed by atoms with van der Waals surface area (Å²) in [7, 11) is 1.37. The maximum atomic E-state index is 11.7. The molecule has 0 aliphatic rings. The Kier molecular flexibility index (Phi) is 6.05. The molecule has 0 saturated carbocycles. The third-order valence-electron chi connectivity index (χ3n) is 4.13. The van der Waals surface area contributed by atoms with Crippen LogP contribution in [-0.4, -0.2) is 50.1 Å². The Morgan fingerprint density at radius 1 is 1.16 bits per heavy atom. The number of aromatic nitrogens is 4. The van der Waals surface area contributed by atoms with E-state index < -0.39 is 12.1 Å². The predicted octanol–water partition coefficient (Wildman–Crippen LogP) is 3.84. The summed E-state index contributed by atoms with van der Waals surface area (Å²) in [6.45, 7) is 0. The second-order valence-electron chi connectivity index (χ2n) is 6.12. The standard InChI is InChI=1S/C18H14N4O2.C2HF3O2/c1-24-18(23)13-4-2-3-12(9-13)14-10-21-22(11-14)16-6-8-20-17-15(16)5-7-19-17;3-2(4,5)1(6)7/h2-11H,1H3,(H,19,20);(H,6,7). The summed E-state index contributed by atoms with van der Waals surface area (Å²) in [5.74, 6) is -3.11. The van der Waals surface area contributed by atoms with Gasteiger partial charge in [0.25, 0.3) is 0 Å². The van der Waals surface area contributed by atoms with Gasteiger partial charge in [-0.2, -0.15) is 18.3 Å². The van der Waals surface area contributed by atoms with Crippen molar-refractivity contribution in [1.29, 1.82) is 0 Å². The van der Waals surface area contributed by atoms with E-state index in [9.17, 15) is 18.0 Å². The number of nitrogens with zero attached hydrogens (tertiary/aromatic N) is 3. The molecule has 3 heterocycles. The Morgan fingerprint density at radius 2 is 1.90 bits per heavy atom. The zero-order valence-electron chi connectivity index (χ0n) is 15.9. The van der Waals surface area contributed by atoms with E-state index in [-0.39, 0.29) is 5.97 Å². The molecule has 1 aromatic carbocycles. The first-order valence-electron chi connectivity index (χ1n) is 8.66. The van der Waals surface area contributed by atoms with Gasteiger partial charge in [0.1, 0.15) is 5.65 Å². The van der Waals surface area contributed by atoms with Crippen LogP contribution < -0.4 is 0 Å². The SMILES string of the molecule is COC(=O)c1cccc(-c2cnn(-c3ccnc4[nH]ccc34)c2)c1.O=C(O)C(F)(F)F. The fraction of sp³-hybridized carbons (Fsp3) is 0.100. The number of halogens is 3. The van der Waals surface area contributed by atoms with Crippen LogP contribution in [0.2, 0.25) is 0 Å². The zero-order valence-corrected chi connectivity index (χ0v) is 15.9. The van der Waals surface area contributed by atoms with Gasteiger partial charge in [0, 0.05) is 29.5 Å². The van der Waals surface area contributed by atoms with Crippen LogP contribution in [0, 0.1) is 0 Å². The minimum Gasteiger partial charge on any atom is -0.475 e. The van der Waals surface area contributed by atoms with Crippen LogP contribution in [0.25, 0.3) is 27.8 Å². The molecule has 4 aromatic rings. The molecule has 0 radical (unpaired) electrons. The number of nitrogens with one attached hydrogen (secondary N) is 1. The highest BCUT2D eigenvalue weighted by atomic mass is 19.4. The summed E-state index contributed by atoms with van der Waals surface area (Å²) < 4.78 is 38.3. The molecule has 11 heteroatoms. The summed E-state index contributed by atoms with van der Waals surface area (Å²) >= 11 is 0. The van der Waals surface area contributed by atoms with Crippen LogP contribution in [-0.2, 0) is 9.53 Å². The lowest BCUT2D eigenvalue weighted by molar-refractivity contribution is -0.192. The number of hydrogen-bond acceptors (Lipinski definition) is 5. The lowest BCUT2D eigenvalue weighted by Crippen LogP contribution is -2.21. The molecule has 0 fully saturated rings. The average molecular weight is 432 g/mol. The lowest BCUT2D eigenvalue weighted by Gasteiger charge is -2.03. The molecule has 0 aliphatic carbocycles. The first kappa shape index (κ1) is 21.6. The van der Waals surface area contributed by atoms with E-state index in [2.05, 4.69) is 15.1 Å². The Hall–Kier alpha value is -4.15. The number of esters is 1. The van der Waals surface area contributed by atoms with Crippen LogP contribution in [0.3, 0.4) is 0 Å². The van der Waals surface area contributed by atoms with Gasteiger partial charge in [0.05, 0.1) is 24.6 Å². The number of hydrogen-bond donors (Lipinski definition) is 2. The number of pyridine rings is 1. The van der Waals surface area contributed by atoms with E-state index in [0.29, 0.717) is 5.56 Å². The largest absolute Gasteiger partial charge is 0.490 e. The molecule has 2 N–H and O–H groups in total. The highest BCUT2D eigenvalue weighted by Crippen LogP contribution is 2.24. The zero-order chi connectivity index (χ0) is 22.6. The van der Waals surface area contributed by atoms with Gasteiger partial charge in [-0.05, 0) is 29.8 Å². The lowest BCUT2D eigenvalue weighted by atomic mass is 10.1. The Labute approximate surface area is 172 Å². The van der Waals surface area contributed by atoms with Crippen molar-refractivity contribution in [3.05, 3.63) is 66.7 Å². The summed E-state index contributed by atoms with van der Waals surface area (Å²) in [5.41, 5.74) is 4.10. The molecule has 0 spiro atoms. The summed E-state index contributed by atoms with van der Waals surface area (Å²) in [6, 6.07) is 11.2. The molecule has 0 unspecified atom stereocenters. The van der Waals surface area contributed by atoms with Gasteiger partial charge in [-0.15, -0.1) is 0 Å². The number of aliphatic carboxylic acids is 1. The fourth-order valence-electron chi connectivity index (χ4n) is 2.69. The molecular weight excluding hydrogens is 417 g/mol. The van der Waals surface area contributed by atoms with E-state index in [0.717, 1.165) is 27.8 Å². The molecule has 160 valence electrons. The topological polar surface area (TPSA) is 110 Å². The van der Waals surface area contributed by atoms with E-state index >= 15 is 0 Å². The predicted molar refractivity (Wildman–Crippen MR) is 104 cm³/mol. The molecule has 0 aliphatic heterocycles. The van der Waals surface area contributed by atoms with Gasteiger partial charge in [0.2, 0.25) is 0 Å². The smallest absolute Gasteiger partial charge is 0.475 e. The summed E-state index contributed by atoms with van der Waals surface area (Å²) in [6.07, 6.45) is 2.21. The van der Waals surface area contributed by atoms with Crippen molar-refractivity contribution in [2.75, 3.05) is 7.11 Å². The molecule has 3 aromatic heterocycles. The number of carboxylic acids is 1. The molecule has 0 atom stereocenters. The van der Waals surface area contributed by atoms with E-state index in [1.54, 1.807) is 29.2 Å². The maximum Gasteiger partial charge on any atom is 0.490 e. The number of benzene rings is 1. The van der Waals surface area contributed by atoms with Gasteiger partial charge in [-0.3, -0.25) is 0 Å². The van der Waals surface area contributed by atoms with Crippen LogP contribution in [0.15, 0.2) is 61.2 Å². The van der Waals surface area contributed by atoms with Crippen molar-refractivity contribution in [2.24, 2.45) is 0 Å². The van der Waals surface area contributed by atoms with Gasteiger partial charge in [-0.25, -0.2) is 19.3 Å². The molecule has 8 nitrogen and oxygen atoms in total. The van der Waals surface area contributed by atoms with Gasteiger partial charge >= 0.3 is 18.1 Å². The van der Waals surface area contributed by atoms with Crippen LogP contribution >= 0.6 is 0 Å². The van der Waals surface area contributed by atoms with Gasteiger partial charge in [-0.1, -0.05) is 12.1 Å². The van der Waals surface area contributed by atoms with Crippen molar-refractivity contribution in [1.82, 2.24) is 19.7 Å². The first-order chi connectivity index (χ1) is 14.7. The molecule has 4 rings (SSSR count). The van der Waals surface area contributed by atoms with Crippen molar-refractivity contribution >= 4 is 23.0 Å². The Bertz CT molecular complexity index is 1230. The van der Waals surface area contributed by atoms with Crippen molar-refractivity contribution in [2.45, 2.75) is 6.18 Å². The van der Waals surface area contributed by atoms with E-state index in [1.165, 1.54) is 7.11 Å². The van der Waals surface area contributed by atoms with Crippen molar-refractivity contribution in [3.8, 4) is 16.8 Å². The number of H-pyrrole nitrogens is 1.